The number of aliphatic hydroxyl groups excluding tert-OH is 1. The molecule has 0 aliphatic carbocycles. The minimum atomic E-state index is -0.190. The Morgan fingerprint density at radius 2 is 2.15 bits per heavy atom. The average molecular weight is 365 g/mol. The standard InChI is InChI=1S/C20H23N5O2/c1-13-22-18-17(5-8-21-19(18)23-13)20(27)24-15-4-2-3-14(11-15)12-25-9-6-16(26)7-10-25/h2-5,8,11,16,26H,6-7,9-10,12H2,1H3,(H,24,27)(H,21,22,23). The third kappa shape index (κ3) is 3.99. The molecular formula is C20H23N5O2. The number of hydrogen-bond donors (Lipinski definition) is 3. The van der Waals surface area contributed by atoms with E-state index in [0.29, 0.717) is 16.7 Å². The molecule has 1 aromatic carbocycles. The molecule has 0 saturated carbocycles. The van der Waals surface area contributed by atoms with Crippen LogP contribution in [0.5, 0.6) is 0 Å². The highest BCUT2D eigenvalue weighted by atomic mass is 16.3. The van der Waals surface area contributed by atoms with Gasteiger partial charge in [0.15, 0.2) is 5.65 Å². The van der Waals surface area contributed by atoms with E-state index in [1.54, 1.807) is 12.3 Å². The Kier molecular flexibility index (Phi) is 4.87. The largest absolute Gasteiger partial charge is 0.393 e. The van der Waals surface area contributed by atoms with Gasteiger partial charge in [0.2, 0.25) is 0 Å². The number of amides is 1. The van der Waals surface area contributed by atoms with Crippen LogP contribution in [0.1, 0.15) is 34.6 Å². The Morgan fingerprint density at radius 1 is 1.33 bits per heavy atom. The second-order valence-corrected chi connectivity index (χ2v) is 7.04. The molecule has 27 heavy (non-hydrogen) atoms. The first-order valence-corrected chi connectivity index (χ1v) is 9.20. The number of aryl methyl sites for hydroxylation is 1. The minimum absolute atomic E-state index is 0.171. The van der Waals surface area contributed by atoms with Gasteiger partial charge < -0.3 is 15.4 Å². The van der Waals surface area contributed by atoms with E-state index in [4.69, 9.17) is 0 Å². The predicted octanol–water partition coefficient (Wildman–Crippen LogP) is 2.48. The maximum absolute atomic E-state index is 12.7. The van der Waals surface area contributed by atoms with Gasteiger partial charge in [0.25, 0.3) is 5.91 Å². The molecule has 140 valence electrons. The number of aromatic nitrogens is 3. The lowest BCUT2D eigenvalue weighted by Crippen LogP contribution is -2.35. The van der Waals surface area contributed by atoms with E-state index in [0.717, 1.165) is 49.6 Å². The number of hydrogen-bond acceptors (Lipinski definition) is 5. The van der Waals surface area contributed by atoms with Crippen molar-refractivity contribution in [2.24, 2.45) is 0 Å². The summed E-state index contributed by atoms with van der Waals surface area (Å²) in [5, 5.41) is 12.6. The maximum atomic E-state index is 12.7. The van der Waals surface area contributed by atoms with Crippen molar-refractivity contribution in [3.8, 4) is 0 Å². The molecule has 0 atom stereocenters. The molecule has 2 aromatic heterocycles. The summed E-state index contributed by atoms with van der Waals surface area (Å²) in [5.41, 5.74) is 3.62. The van der Waals surface area contributed by atoms with Crippen molar-refractivity contribution in [2.75, 3.05) is 18.4 Å². The number of anilines is 1. The average Bonchev–Trinajstić information content (AvgIpc) is 3.04. The van der Waals surface area contributed by atoms with Gasteiger partial charge in [0.05, 0.1) is 17.2 Å². The fourth-order valence-electron chi connectivity index (χ4n) is 3.50. The van der Waals surface area contributed by atoms with Crippen molar-refractivity contribution in [3.63, 3.8) is 0 Å². The molecule has 3 N–H and O–H groups in total. The van der Waals surface area contributed by atoms with Crippen LogP contribution in [0.15, 0.2) is 36.5 Å². The second-order valence-electron chi connectivity index (χ2n) is 7.04. The zero-order chi connectivity index (χ0) is 18.8. The van der Waals surface area contributed by atoms with Crippen molar-refractivity contribution in [3.05, 3.63) is 53.5 Å². The summed E-state index contributed by atoms with van der Waals surface area (Å²) in [6, 6.07) is 9.59. The molecule has 3 heterocycles. The van der Waals surface area contributed by atoms with Gasteiger partial charge in [-0.15, -0.1) is 0 Å². The summed E-state index contributed by atoms with van der Waals surface area (Å²) in [5.74, 6) is 0.538. The quantitative estimate of drug-likeness (QED) is 0.660. The van der Waals surface area contributed by atoms with E-state index >= 15 is 0 Å². The highest BCUT2D eigenvalue weighted by molar-refractivity contribution is 6.10. The zero-order valence-corrected chi connectivity index (χ0v) is 15.3. The predicted molar refractivity (Wildman–Crippen MR) is 104 cm³/mol. The second kappa shape index (κ2) is 7.46. The third-order valence-electron chi connectivity index (χ3n) is 4.90. The van der Waals surface area contributed by atoms with Gasteiger partial charge in [-0.25, -0.2) is 9.97 Å². The Hall–Kier alpha value is -2.77. The lowest BCUT2D eigenvalue weighted by Gasteiger charge is -2.29. The number of fused-ring (bicyclic) bond motifs is 1. The van der Waals surface area contributed by atoms with Gasteiger partial charge >= 0.3 is 0 Å². The van der Waals surface area contributed by atoms with Crippen LogP contribution in [0.25, 0.3) is 11.2 Å². The van der Waals surface area contributed by atoms with Crippen LogP contribution < -0.4 is 5.32 Å². The molecule has 0 unspecified atom stereocenters. The Morgan fingerprint density at radius 3 is 2.96 bits per heavy atom. The van der Waals surface area contributed by atoms with Crippen LogP contribution in [-0.2, 0) is 6.54 Å². The Labute approximate surface area is 157 Å². The number of imidazole rings is 1. The van der Waals surface area contributed by atoms with E-state index < -0.39 is 0 Å². The summed E-state index contributed by atoms with van der Waals surface area (Å²) in [6.45, 7) is 4.44. The van der Waals surface area contributed by atoms with E-state index in [1.165, 1.54) is 0 Å². The topological polar surface area (TPSA) is 94.1 Å². The molecule has 7 heteroatoms. The molecule has 7 nitrogen and oxygen atoms in total. The molecule has 0 spiro atoms. The minimum Gasteiger partial charge on any atom is -0.393 e. The number of benzene rings is 1. The molecule has 1 amide bonds. The van der Waals surface area contributed by atoms with E-state index in [2.05, 4.69) is 31.2 Å². The number of nitrogens with one attached hydrogen (secondary N) is 2. The fourth-order valence-corrected chi connectivity index (χ4v) is 3.50. The number of carbonyl (C=O) groups excluding carboxylic acids is 1. The Bertz CT molecular complexity index is 960. The third-order valence-corrected chi connectivity index (χ3v) is 4.90. The smallest absolute Gasteiger partial charge is 0.257 e. The molecule has 0 radical (unpaired) electrons. The van der Waals surface area contributed by atoms with Crippen molar-refractivity contribution in [1.29, 1.82) is 0 Å². The molecule has 1 aliphatic rings. The zero-order valence-electron chi connectivity index (χ0n) is 15.3. The Balaban J connectivity index is 1.48. The molecule has 1 aliphatic heterocycles. The molecule has 4 rings (SSSR count). The number of carbonyl (C=O) groups is 1. The number of H-pyrrole nitrogens is 1. The highest BCUT2D eigenvalue weighted by Crippen LogP contribution is 2.19. The van der Waals surface area contributed by atoms with Gasteiger partial charge in [0, 0.05) is 31.5 Å². The highest BCUT2D eigenvalue weighted by Gasteiger charge is 2.17. The first-order chi connectivity index (χ1) is 13.1. The number of aromatic amines is 1. The van der Waals surface area contributed by atoms with Gasteiger partial charge in [-0.2, -0.15) is 0 Å². The lowest BCUT2D eigenvalue weighted by atomic mass is 10.1. The number of rotatable bonds is 4. The summed E-state index contributed by atoms with van der Waals surface area (Å²) in [4.78, 5) is 26.6. The summed E-state index contributed by atoms with van der Waals surface area (Å²) >= 11 is 0. The van der Waals surface area contributed by atoms with Crippen LogP contribution in [0.4, 0.5) is 5.69 Å². The molecule has 1 saturated heterocycles. The number of likely N-dealkylation sites (tertiary alicyclic amines) is 1. The first kappa shape index (κ1) is 17.6. The van der Waals surface area contributed by atoms with Crippen molar-refractivity contribution >= 4 is 22.8 Å². The van der Waals surface area contributed by atoms with Crippen molar-refractivity contribution in [2.45, 2.75) is 32.4 Å². The number of aliphatic hydroxyl groups is 1. The van der Waals surface area contributed by atoms with Crippen LogP contribution in [0, 0.1) is 6.92 Å². The number of piperidine rings is 1. The summed E-state index contributed by atoms with van der Waals surface area (Å²) < 4.78 is 0. The normalized spacial score (nSPS) is 15.9. The van der Waals surface area contributed by atoms with Gasteiger partial charge in [-0.05, 0) is 43.5 Å². The van der Waals surface area contributed by atoms with Crippen LogP contribution in [0.3, 0.4) is 0 Å². The summed E-state index contributed by atoms with van der Waals surface area (Å²) in [6.07, 6.45) is 3.06. The number of pyridine rings is 1. The van der Waals surface area contributed by atoms with Crippen LogP contribution in [0.2, 0.25) is 0 Å². The molecule has 3 aromatic rings. The van der Waals surface area contributed by atoms with Crippen molar-refractivity contribution in [1.82, 2.24) is 19.9 Å². The van der Waals surface area contributed by atoms with Gasteiger partial charge in [0.1, 0.15) is 5.82 Å². The first-order valence-electron chi connectivity index (χ1n) is 9.20. The SMILES string of the molecule is Cc1nc2nccc(C(=O)Nc3cccc(CN4CCC(O)CC4)c3)c2[nH]1. The van der Waals surface area contributed by atoms with E-state index in [-0.39, 0.29) is 12.0 Å². The van der Waals surface area contributed by atoms with Crippen molar-refractivity contribution < 1.29 is 9.90 Å². The van der Waals surface area contributed by atoms with E-state index in [9.17, 15) is 9.90 Å². The van der Waals surface area contributed by atoms with Gasteiger partial charge in [-0.3, -0.25) is 9.69 Å². The van der Waals surface area contributed by atoms with E-state index in [1.807, 2.05) is 25.1 Å². The summed E-state index contributed by atoms with van der Waals surface area (Å²) in [7, 11) is 0. The molecule has 0 bridgehead atoms. The maximum Gasteiger partial charge on any atom is 0.257 e. The molecule has 1 fully saturated rings. The van der Waals surface area contributed by atoms with Crippen LogP contribution in [-0.4, -0.2) is 50.1 Å². The number of nitrogens with zero attached hydrogens (tertiary/aromatic N) is 3. The monoisotopic (exact) mass is 365 g/mol. The fraction of sp³-hybridized carbons (Fsp3) is 0.350. The lowest BCUT2D eigenvalue weighted by molar-refractivity contribution is 0.0792. The van der Waals surface area contributed by atoms with Crippen LogP contribution >= 0.6 is 0 Å². The molecular weight excluding hydrogens is 342 g/mol. The van der Waals surface area contributed by atoms with Gasteiger partial charge in [-0.1, -0.05) is 12.1 Å².